The molecule has 10 nitrogen and oxygen atoms in total. The number of imidazole rings is 1. The number of aryl methyl sites for hydroxylation is 2. The van der Waals surface area contributed by atoms with Crippen molar-refractivity contribution in [2.45, 2.75) is 38.6 Å². The first-order valence-corrected chi connectivity index (χ1v) is 13.5. The van der Waals surface area contributed by atoms with E-state index < -0.39 is 0 Å². The lowest BCUT2D eigenvalue weighted by Gasteiger charge is -2.26. The van der Waals surface area contributed by atoms with E-state index >= 15 is 0 Å². The van der Waals surface area contributed by atoms with Gasteiger partial charge in [-0.25, -0.2) is 4.79 Å². The lowest BCUT2D eigenvalue weighted by atomic mass is 10.2. The fourth-order valence-electron chi connectivity index (χ4n) is 4.63. The van der Waals surface area contributed by atoms with Gasteiger partial charge in [0.25, 0.3) is 0 Å². The van der Waals surface area contributed by atoms with Gasteiger partial charge in [0.05, 0.1) is 36.5 Å². The highest BCUT2D eigenvalue weighted by atomic mass is 32.2. The summed E-state index contributed by atoms with van der Waals surface area (Å²) in [7, 11) is 0. The van der Waals surface area contributed by atoms with Crippen molar-refractivity contribution in [3.8, 4) is 5.69 Å². The van der Waals surface area contributed by atoms with Crippen LogP contribution < -0.4 is 11.0 Å². The van der Waals surface area contributed by atoms with Crippen LogP contribution in [0.1, 0.15) is 19.7 Å². The van der Waals surface area contributed by atoms with Crippen LogP contribution in [0.25, 0.3) is 16.7 Å². The predicted octanol–water partition coefficient (Wildman–Crippen LogP) is 2.99. The number of hydrogen-bond acceptors (Lipinski definition) is 7. The first-order valence-electron chi connectivity index (χ1n) is 12.5. The molecule has 0 bridgehead atoms. The fraction of sp³-hybridized carbons (Fsp3) is 0.385. The van der Waals surface area contributed by atoms with Gasteiger partial charge < -0.3 is 10.1 Å². The number of para-hydroxylation sites is 1. The van der Waals surface area contributed by atoms with Crippen LogP contribution in [0.3, 0.4) is 0 Å². The molecular formula is C26H31N7O3S. The van der Waals surface area contributed by atoms with Gasteiger partial charge in [0, 0.05) is 37.6 Å². The van der Waals surface area contributed by atoms with Gasteiger partial charge in [0.15, 0.2) is 11.0 Å². The van der Waals surface area contributed by atoms with Crippen LogP contribution in [0.4, 0.5) is 5.69 Å². The van der Waals surface area contributed by atoms with E-state index in [1.165, 1.54) is 11.8 Å². The number of anilines is 1. The second-order valence-corrected chi connectivity index (χ2v) is 9.71. The van der Waals surface area contributed by atoms with E-state index in [-0.39, 0.29) is 17.3 Å². The van der Waals surface area contributed by atoms with Crippen molar-refractivity contribution in [2.24, 2.45) is 0 Å². The van der Waals surface area contributed by atoms with Crippen molar-refractivity contribution in [3.05, 3.63) is 64.8 Å². The van der Waals surface area contributed by atoms with Crippen molar-refractivity contribution in [2.75, 3.05) is 37.4 Å². The molecule has 0 saturated carbocycles. The Bertz CT molecular complexity index is 1440. The molecule has 1 fully saturated rings. The maximum Gasteiger partial charge on any atom is 0.329 e. The minimum absolute atomic E-state index is 0.0350. The third kappa shape index (κ3) is 5.34. The average Bonchev–Trinajstić information content (AvgIpc) is 3.44. The van der Waals surface area contributed by atoms with Gasteiger partial charge in [-0.2, -0.15) is 0 Å². The number of ether oxygens (including phenoxy) is 1. The largest absolute Gasteiger partial charge is 0.379 e. The van der Waals surface area contributed by atoms with Crippen LogP contribution in [0, 0.1) is 0 Å². The molecule has 0 spiro atoms. The Morgan fingerprint density at radius 3 is 2.46 bits per heavy atom. The standard InChI is InChI=1S/C26H31N7O3S/c1-3-31-21-11-10-19(16-22(21)32(4-2)26(31)35)27-24(34)18-37-25-29-28-23(17-30-12-14-36-15-13-30)33(25)20-8-6-5-7-9-20/h5-11,16H,3-4,12-15,17-18H2,1-2H3,(H,27,34). The molecule has 4 aromatic rings. The zero-order chi connectivity index (χ0) is 25.8. The highest BCUT2D eigenvalue weighted by molar-refractivity contribution is 7.99. The summed E-state index contributed by atoms with van der Waals surface area (Å²) in [5.41, 5.74) is 3.27. The molecule has 1 aliphatic rings. The van der Waals surface area contributed by atoms with Gasteiger partial charge in [-0.15, -0.1) is 10.2 Å². The second-order valence-electron chi connectivity index (χ2n) is 8.77. The van der Waals surface area contributed by atoms with Crippen LogP contribution in [-0.4, -0.2) is 66.8 Å². The summed E-state index contributed by atoms with van der Waals surface area (Å²) in [6.07, 6.45) is 0. The lowest BCUT2D eigenvalue weighted by molar-refractivity contribution is -0.113. The van der Waals surface area contributed by atoms with E-state index in [0.29, 0.717) is 43.7 Å². The van der Waals surface area contributed by atoms with E-state index in [4.69, 9.17) is 4.74 Å². The molecule has 0 unspecified atom stereocenters. The number of carbonyl (C=O) groups is 1. The molecule has 5 rings (SSSR count). The zero-order valence-electron chi connectivity index (χ0n) is 21.1. The molecule has 2 aromatic carbocycles. The molecule has 0 radical (unpaired) electrons. The highest BCUT2D eigenvalue weighted by Crippen LogP contribution is 2.24. The number of benzene rings is 2. The average molecular weight is 522 g/mol. The Morgan fingerprint density at radius 2 is 1.73 bits per heavy atom. The van der Waals surface area contributed by atoms with E-state index in [0.717, 1.165) is 35.6 Å². The molecule has 1 aliphatic heterocycles. The molecule has 37 heavy (non-hydrogen) atoms. The van der Waals surface area contributed by atoms with Crippen LogP contribution in [0.5, 0.6) is 0 Å². The summed E-state index contributed by atoms with van der Waals surface area (Å²) in [6, 6.07) is 15.5. The van der Waals surface area contributed by atoms with Gasteiger partial charge in [0.1, 0.15) is 0 Å². The molecule has 1 N–H and O–H groups in total. The Kier molecular flexibility index (Phi) is 7.73. The molecule has 11 heteroatoms. The highest BCUT2D eigenvalue weighted by Gasteiger charge is 2.20. The van der Waals surface area contributed by atoms with Crippen molar-refractivity contribution in [1.82, 2.24) is 28.8 Å². The lowest BCUT2D eigenvalue weighted by Crippen LogP contribution is -2.36. The smallest absolute Gasteiger partial charge is 0.329 e. The number of rotatable bonds is 9. The Morgan fingerprint density at radius 1 is 1.00 bits per heavy atom. The SMILES string of the molecule is CCn1c(=O)n(CC)c2cc(NC(=O)CSc3nnc(CN4CCOCC4)n3-c3ccccc3)ccc21. The Balaban J connectivity index is 1.32. The van der Waals surface area contributed by atoms with Gasteiger partial charge in [0.2, 0.25) is 5.91 Å². The number of amides is 1. The number of carbonyl (C=O) groups excluding carboxylic acids is 1. The third-order valence-corrected chi connectivity index (χ3v) is 7.38. The molecule has 0 aliphatic carbocycles. The number of nitrogens with one attached hydrogen (secondary N) is 1. The van der Waals surface area contributed by atoms with E-state index in [1.54, 1.807) is 9.13 Å². The fourth-order valence-corrected chi connectivity index (χ4v) is 5.40. The van der Waals surface area contributed by atoms with Gasteiger partial charge in [-0.1, -0.05) is 30.0 Å². The Hall–Kier alpha value is -3.41. The maximum atomic E-state index is 12.9. The van der Waals surface area contributed by atoms with E-state index in [9.17, 15) is 9.59 Å². The molecular weight excluding hydrogens is 490 g/mol. The van der Waals surface area contributed by atoms with Crippen LogP contribution in [0.2, 0.25) is 0 Å². The molecule has 194 valence electrons. The van der Waals surface area contributed by atoms with Crippen LogP contribution in [-0.2, 0) is 29.2 Å². The van der Waals surface area contributed by atoms with Crippen LogP contribution in [0.15, 0.2) is 58.5 Å². The number of morpholine rings is 1. The van der Waals surface area contributed by atoms with E-state index in [2.05, 4.69) is 20.4 Å². The van der Waals surface area contributed by atoms with Crippen LogP contribution >= 0.6 is 11.8 Å². The number of hydrogen-bond donors (Lipinski definition) is 1. The van der Waals surface area contributed by atoms with Crippen molar-refractivity contribution < 1.29 is 9.53 Å². The van der Waals surface area contributed by atoms with Crippen molar-refractivity contribution >= 4 is 34.4 Å². The quantitative estimate of drug-likeness (QED) is 0.338. The van der Waals surface area contributed by atoms with Gasteiger partial charge in [-0.3, -0.25) is 23.4 Å². The number of thioether (sulfide) groups is 1. The number of aromatic nitrogens is 5. The Labute approximate surface area is 219 Å². The predicted molar refractivity (Wildman–Crippen MR) is 144 cm³/mol. The van der Waals surface area contributed by atoms with Crippen molar-refractivity contribution in [1.29, 1.82) is 0 Å². The second kappa shape index (κ2) is 11.3. The number of nitrogens with zero attached hydrogens (tertiary/aromatic N) is 6. The minimum atomic E-state index is -0.151. The summed E-state index contributed by atoms with van der Waals surface area (Å²) in [5, 5.41) is 12.5. The summed E-state index contributed by atoms with van der Waals surface area (Å²) >= 11 is 1.35. The summed E-state index contributed by atoms with van der Waals surface area (Å²) in [6.45, 7) is 8.85. The maximum absolute atomic E-state index is 12.9. The zero-order valence-corrected chi connectivity index (χ0v) is 21.9. The molecule has 2 aromatic heterocycles. The first kappa shape index (κ1) is 25.2. The monoisotopic (exact) mass is 521 g/mol. The van der Waals surface area contributed by atoms with E-state index in [1.807, 2.05) is 66.9 Å². The summed E-state index contributed by atoms with van der Waals surface area (Å²) in [5.74, 6) is 0.860. The third-order valence-electron chi connectivity index (χ3n) is 6.45. The molecule has 3 heterocycles. The summed E-state index contributed by atoms with van der Waals surface area (Å²) in [4.78, 5) is 27.8. The van der Waals surface area contributed by atoms with Gasteiger partial charge in [-0.05, 0) is 44.2 Å². The molecule has 1 amide bonds. The molecule has 1 saturated heterocycles. The van der Waals surface area contributed by atoms with Gasteiger partial charge >= 0.3 is 5.69 Å². The van der Waals surface area contributed by atoms with Crippen molar-refractivity contribution in [3.63, 3.8) is 0 Å². The minimum Gasteiger partial charge on any atom is -0.379 e. The summed E-state index contributed by atoms with van der Waals surface area (Å²) < 4.78 is 11.0. The first-order chi connectivity index (χ1) is 18.1. The number of fused-ring (bicyclic) bond motifs is 1. The topological polar surface area (TPSA) is 99.2 Å². The molecule has 0 atom stereocenters. The normalized spacial score (nSPS) is 14.3.